The van der Waals surface area contributed by atoms with Crippen LogP contribution in [0.25, 0.3) is 0 Å². The largest absolute Gasteiger partial charge is 0.497 e. The fourth-order valence-corrected chi connectivity index (χ4v) is 3.52. The Hall–Kier alpha value is -3.14. The normalized spacial score (nSPS) is 20.8. The zero-order valence-electron chi connectivity index (χ0n) is 17.5. The SMILES string of the molecule is COc1ccc(C2C=C(C(=O)NCCCC3=CC=C=CC=C3)C(=O)CC(C)N2)cc1. The lowest BCUT2D eigenvalue weighted by atomic mass is 10.0. The van der Waals surface area contributed by atoms with E-state index in [2.05, 4.69) is 16.4 Å². The number of nitrogens with one attached hydrogen (secondary N) is 2. The predicted octanol–water partition coefficient (Wildman–Crippen LogP) is 3.72. The first-order valence-corrected chi connectivity index (χ1v) is 10.3. The van der Waals surface area contributed by atoms with Gasteiger partial charge in [-0.1, -0.05) is 30.4 Å². The van der Waals surface area contributed by atoms with Crippen molar-refractivity contribution in [1.82, 2.24) is 10.6 Å². The Labute approximate surface area is 177 Å². The highest BCUT2D eigenvalue weighted by Crippen LogP contribution is 2.24. The number of allylic oxidation sites excluding steroid dienone is 5. The first-order chi connectivity index (χ1) is 14.6. The second-order valence-corrected chi connectivity index (χ2v) is 7.49. The summed E-state index contributed by atoms with van der Waals surface area (Å²) >= 11 is 0. The highest BCUT2D eigenvalue weighted by Gasteiger charge is 2.27. The van der Waals surface area contributed by atoms with Gasteiger partial charge in [0.2, 0.25) is 0 Å². The monoisotopic (exact) mass is 404 g/mol. The van der Waals surface area contributed by atoms with Gasteiger partial charge in [-0.3, -0.25) is 9.59 Å². The highest BCUT2D eigenvalue weighted by molar-refractivity contribution is 6.19. The van der Waals surface area contributed by atoms with Gasteiger partial charge in [0.25, 0.3) is 5.91 Å². The molecule has 0 spiro atoms. The molecule has 5 heteroatoms. The highest BCUT2D eigenvalue weighted by atomic mass is 16.5. The van der Waals surface area contributed by atoms with Crippen LogP contribution in [-0.2, 0) is 9.59 Å². The third-order valence-electron chi connectivity index (χ3n) is 5.13. The zero-order chi connectivity index (χ0) is 21.3. The molecule has 2 N–H and O–H groups in total. The maximum absolute atomic E-state index is 12.8. The number of carbonyl (C=O) groups is 2. The van der Waals surface area contributed by atoms with E-state index in [0.717, 1.165) is 24.2 Å². The molecule has 1 aromatic rings. The standard InChI is InChI=1S/C25H28N2O3/c1-18-16-24(28)22(17-23(27-18)20-11-13-21(30-2)14-12-20)25(29)26-15-7-10-19-8-5-3-4-6-9-19/h3,5-6,8-9,11-14,17-18,23,27H,7,10,15-16H2,1-2H3,(H,26,29). The Bertz CT molecular complexity index is 932. The Morgan fingerprint density at radius 3 is 2.83 bits per heavy atom. The molecular weight excluding hydrogens is 376 g/mol. The van der Waals surface area contributed by atoms with Crippen LogP contribution in [0.4, 0.5) is 0 Å². The molecule has 2 atom stereocenters. The number of rotatable bonds is 7. The van der Waals surface area contributed by atoms with Crippen LogP contribution in [0.2, 0.25) is 0 Å². The van der Waals surface area contributed by atoms with E-state index in [1.807, 2.05) is 61.6 Å². The van der Waals surface area contributed by atoms with Gasteiger partial charge in [-0.25, -0.2) is 0 Å². The number of carbonyl (C=O) groups excluding carboxylic acids is 2. The van der Waals surface area contributed by atoms with Gasteiger partial charge in [0.05, 0.1) is 18.7 Å². The van der Waals surface area contributed by atoms with Gasteiger partial charge >= 0.3 is 0 Å². The fraction of sp³-hybridized carbons (Fsp3) is 0.320. The average molecular weight is 405 g/mol. The van der Waals surface area contributed by atoms with Crippen LogP contribution in [0.5, 0.6) is 5.75 Å². The molecule has 0 saturated carbocycles. The van der Waals surface area contributed by atoms with Gasteiger partial charge in [0.15, 0.2) is 5.78 Å². The number of methoxy groups -OCH3 is 1. The molecule has 0 saturated heterocycles. The number of benzene rings is 1. The maximum Gasteiger partial charge on any atom is 0.254 e. The van der Waals surface area contributed by atoms with Crippen LogP contribution >= 0.6 is 0 Å². The molecule has 30 heavy (non-hydrogen) atoms. The van der Waals surface area contributed by atoms with Crippen molar-refractivity contribution in [2.45, 2.75) is 38.3 Å². The van der Waals surface area contributed by atoms with Crippen molar-refractivity contribution in [3.05, 3.63) is 83.2 Å². The molecule has 2 aliphatic rings. The summed E-state index contributed by atoms with van der Waals surface area (Å²) in [4.78, 5) is 25.4. The van der Waals surface area contributed by atoms with Crippen molar-refractivity contribution in [3.8, 4) is 5.75 Å². The van der Waals surface area contributed by atoms with Crippen LogP contribution in [0, 0.1) is 0 Å². The second kappa shape index (κ2) is 10.6. The molecule has 0 radical (unpaired) electrons. The molecule has 2 unspecified atom stereocenters. The van der Waals surface area contributed by atoms with Gasteiger partial charge in [0.1, 0.15) is 5.75 Å². The predicted molar refractivity (Wildman–Crippen MR) is 118 cm³/mol. The van der Waals surface area contributed by atoms with Gasteiger partial charge in [-0.15, -0.1) is 5.73 Å². The van der Waals surface area contributed by atoms with E-state index in [1.165, 1.54) is 5.57 Å². The van der Waals surface area contributed by atoms with E-state index in [-0.39, 0.29) is 29.3 Å². The number of hydrogen-bond acceptors (Lipinski definition) is 4. The molecule has 156 valence electrons. The van der Waals surface area contributed by atoms with Crippen molar-refractivity contribution in [1.29, 1.82) is 0 Å². The third-order valence-corrected chi connectivity index (χ3v) is 5.13. The minimum Gasteiger partial charge on any atom is -0.497 e. The summed E-state index contributed by atoms with van der Waals surface area (Å²) < 4.78 is 5.21. The van der Waals surface area contributed by atoms with Crippen LogP contribution in [0.3, 0.4) is 0 Å². The van der Waals surface area contributed by atoms with Gasteiger partial charge < -0.3 is 15.4 Å². The summed E-state index contributed by atoms with van der Waals surface area (Å²) in [6, 6.07) is 7.41. The lowest BCUT2D eigenvalue weighted by Gasteiger charge is -2.18. The van der Waals surface area contributed by atoms with E-state index in [9.17, 15) is 9.59 Å². The van der Waals surface area contributed by atoms with Crippen molar-refractivity contribution in [2.75, 3.05) is 13.7 Å². The van der Waals surface area contributed by atoms with E-state index in [4.69, 9.17) is 4.74 Å². The number of ether oxygens (including phenoxy) is 1. The molecule has 1 aliphatic heterocycles. The van der Waals surface area contributed by atoms with Crippen molar-refractivity contribution in [2.24, 2.45) is 0 Å². The fourth-order valence-electron chi connectivity index (χ4n) is 3.52. The summed E-state index contributed by atoms with van der Waals surface area (Å²) in [6.45, 7) is 2.47. The molecular formula is C25H28N2O3. The van der Waals surface area contributed by atoms with Crippen LogP contribution < -0.4 is 15.4 Å². The Balaban J connectivity index is 1.64. The molecule has 0 bridgehead atoms. The molecule has 1 heterocycles. The van der Waals surface area contributed by atoms with Gasteiger partial charge in [-0.2, -0.15) is 0 Å². The number of Topliss-reactive ketones (excluding diaryl/α,β-unsaturated/α-hetero) is 1. The van der Waals surface area contributed by atoms with E-state index in [0.29, 0.717) is 13.0 Å². The first-order valence-electron chi connectivity index (χ1n) is 10.3. The molecule has 1 amide bonds. The molecule has 3 rings (SSSR count). The summed E-state index contributed by atoms with van der Waals surface area (Å²) in [5.41, 5.74) is 5.43. The van der Waals surface area contributed by atoms with Gasteiger partial charge in [-0.05, 0) is 61.3 Å². The second-order valence-electron chi connectivity index (χ2n) is 7.49. The summed E-state index contributed by atoms with van der Waals surface area (Å²) in [6.07, 6.45) is 13.5. The topological polar surface area (TPSA) is 67.4 Å². The number of amides is 1. The molecule has 1 aliphatic carbocycles. The molecule has 1 aromatic carbocycles. The van der Waals surface area contributed by atoms with Crippen molar-refractivity contribution >= 4 is 11.7 Å². The van der Waals surface area contributed by atoms with Crippen LogP contribution in [-0.4, -0.2) is 31.4 Å². The Morgan fingerprint density at radius 2 is 2.07 bits per heavy atom. The average Bonchev–Trinajstić information content (AvgIpc) is 3.10. The molecule has 0 aromatic heterocycles. The smallest absolute Gasteiger partial charge is 0.254 e. The van der Waals surface area contributed by atoms with Gasteiger partial charge in [0, 0.05) is 19.0 Å². The van der Waals surface area contributed by atoms with E-state index >= 15 is 0 Å². The Morgan fingerprint density at radius 1 is 1.27 bits per heavy atom. The van der Waals surface area contributed by atoms with Crippen LogP contribution in [0.15, 0.2) is 77.6 Å². The van der Waals surface area contributed by atoms with Crippen molar-refractivity contribution < 1.29 is 14.3 Å². The van der Waals surface area contributed by atoms with E-state index in [1.54, 1.807) is 13.2 Å². The number of hydrogen-bond donors (Lipinski definition) is 2. The minimum absolute atomic E-state index is 0.0261. The Kier molecular flexibility index (Phi) is 7.61. The summed E-state index contributed by atoms with van der Waals surface area (Å²) in [7, 11) is 1.62. The molecule has 0 fully saturated rings. The lowest BCUT2D eigenvalue weighted by molar-refractivity contribution is -0.122. The quantitative estimate of drug-likeness (QED) is 0.413. The van der Waals surface area contributed by atoms with Crippen molar-refractivity contribution in [3.63, 3.8) is 0 Å². The first kappa shape index (κ1) is 21.6. The third kappa shape index (κ3) is 5.93. The molecule has 5 nitrogen and oxygen atoms in total. The lowest BCUT2D eigenvalue weighted by Crippen LogP contribution is -2.30. The zero-order valence-corrected chi connectivity index (χ0v) is 17.5. The van der Waals surface area contributed by atoms with E-state index < -0.39 is 0 Å². The van der Waals surface area contributed by atoms with Crippen LogP contribution in [0.1, 0.15) is 37.8 Å². The number of ketones is 1. The summed E-state index contributed by atoms with van der Waals surface area (Å²) in [5.74, 6) is 0.332. The summed E-state index contributed by atoms with van der Waals surface area (Å²) in [5, 5.41) is 6.33. The minimum atomic E-state index is -0.304. The maximum atomic E-state index is 12.8.